The van der Waals surface area contributed by atoms with Gasteiger partial charge in [0, 0.05) is 6.54 Å². The number of rotatable bonds is 6. The highest BCUT2D eigenvalue weighted by Crippen LogP contribution is 2.26. The number of nitrogens with zero attached hydrogens (tertiary/aromatic N) is 1. The fourth-order valence-electron chi connectivity index (χ4n) is 2.53. The second kappa shape index (κ2) is 6.73. The topological polar surface area (TPSA) is 121 Å². The van der Waals surface area contributed by atoms with E-state index in [-0.39, 0.29) is 11.4 Å². The molecule has 8 nitrogen and oxygen atoms in total. The summed E-state index contributed by atoms with van der Waals surface area (Å²) in [5.74, 6) is -0.484. The van der Waals surface area contributed by atoms with Gasteiger partial charge in [-0.15, -0.1) is 0 Å². The summed E-state index contributed by atoms with van der Waals surface area (Å²) in [6.45, 7) is -0.787. The Kier molecular flexibility index (Phi) is 5.31. The molecule has 0 bridgehead atoms. The van der Waals surface area contributed by atoms with E-state index in [2.05, 4.69) is 0 Å². The molecule has 1 aliphatic rings. The van der Waals surface area contributed by atoms with Gasteiger partial charge in [-0.3, -0.25) is 0 Å². The van der Waals surface area contributed by atoms with Crippen molar-refractivity contribution in [1.29, 1.82) is 0 Å². The summed E-state index contributed by atoms with van der Waals surface area (Å²) >= 11 is 0. The Bertz CT molecular complexity index is 743. The molecule has 0 amide bonds. The van der Waals surface area contributed by atoms with E-state index in [1.807, 2.05) is 0 Å². The van der Waals surface area contributed by atoms with E-state index >= 15 is 0 Å². The van der Waals surface area contributed by atoms with Crippen molar-refractivity contribution in [2.75, 3.05) is 31.8 Å². The molecule has 1 aliphatic heterocycles. The smallest absolute Gasteiger partial charge is 0.243 e. The Balaban J connectivity index is 2.39. The zero-order valence-corrected chi connectivity index (χ0v) is 14.1. The number of ether oxygens (including phenoxy) is 1. The number of benzene rings is 1. The van der Waals surface area contributed by atoms with Crippen LogP contribution < -0.4 is 4.74 Å². The lowest BCUT2D eigenvalue weighted by atomic mass is 10.2. The fourth-order valence-corrected chi connectivity index (χ4v) is 6.07. The Labute approximate surface area is 135 Å². The maximum Gasteiger partial charge on any atom is 0.243 e. The van der Waals surface area contributed by atoms with Crippen molar-refractivity contribution in [2.24, 2.45) is 0 Å². The van der Waals surface area contributed by atoms with Crippen molar-refractivity contribution in [3.63, 3.8) is 0 Å². The van der Waals surface area contributed by atoms with Gasteiger partial charge in [-0.05, 0) is 24.3 Å². The van der Waals surface area contributed by atoms with Crippen molar-refractivity contribution >= 4 is 19.9 Å². The second-order valence-electron chi connectivity index (χ2n) is 5.23. The van der Waals surface area contributed by atoms with Crippen LogP contribution in [0.3, 0.4) is 0 Å². The Morgan fingerprint density at radius 3 is 2.30 bits per heavy atom. The number of hydrogen-bond acceptors (Lipinski definition) is 7. The first-order valence-electron chi connectivity index (χ1n) is 6.86. The molecule has 23 heavy (non-hydrogen) atoms. The molecule has 0 saturated carbocycles. The van der Waals surface area contributed by atoms with E-state index < -0.39 is 50.1 Å². The number of aliphatic hydroxyl groups excluding tert-OH is 2. The third-order valence-electron chi connectivity index (χ3n) is 3.65. The van der Waals surface area contributed by atoms with Crippen LogP contribution in [0.15, 0.2) is 29.2 Å². The number of aliphatic hydroxyl groups is 2. The molecule has 1 fully saturated rings. The molecule has 0 aromatic heterocycles. The number of hydrogen-bond donors (Lipinski definition) is 2. The molecule has 2 N–H and O–H groups in total. The standard InChI is InChI=1S/C13H19NO7S2/c1-21-10-2-4-11(5-3-10)23(19,20)14(6-7-15)12-8-22(17,18)9-13(12)16/h2-5,12-13,15-16H,6-9H2,1H3/t12-,13+/m1/s1. The molecule has 1 heterocycles. The number of sulfone groups is 1. The second-order valence-corrected chi connectivity index (χ2v) is 9.27. The van der Waals surface area contributed by atoms with E-state index in [0.29, 0.717) is 5.75 Å². The summed E-state index contributed by atoms with van der Waals surface area (Å²) in [6.07, 6.45) is -1.32. The predicted octanol–water partition coefficient (Wildman–Crippen LogP) is -1.16. The summed E-state index contributed by atoms with van der Waals surface area (Å²) in [6, 6.07) is 4.47. The summed E-state index contributed by atoms with van der Waals surface area (Å²) in [7, 11) is -6.13. The highest BCUT2D eigenvalue weighted by atomic mass is 32.2. The maximum absolute atomic E-state index is 12.7. The lowest BCUT2D eigenvalue weighted by Crippen LogP contribution is -2.47. The fraction of sp³-hybridized carbons (Fsp3) is 0.538. The van der Waals surface area contributed by atoms with E-state index in [9.17, 15) is 21.9 Å². The molecular weight excluding hydrogens is 346 g/mol. The third-order valence-corrected chi connectivity index (χ3v) is 7.29. The Morgan fingerprint density at radius 1 is 1.26 bits per heavy atom. The SMILES string of the molecule is COc1ccc(S(=O)(=O)N(CCO)[C@@H]2CS(=O)(=O)C[C@@H]2O)cc1. The molecule has 1 aromatic rings. The van der Waals surface area contributed by atoms with E-state index in [0.717, 1.165) is 4.31 Å². The summed E-state index contributed by atoms with van der Waals surface area (Å²) < 4.78 is 54.6. The van der Waals surface area contributed by atoms with Crippen LogP contribution in [0.2, 0.25) is 0 Å². The molecular formula is C13H19NO7S2. The van der Waals surface area contributed by atoms with Gasteiger partial charge in [-0.25, -0.2) is 16.8 Å². The van der Waals surface area contributed by atoms with E-state index in [4.69, 9.17) is 9.84 Å². The average molecular weight is 365 g/mol. The lowest BCUT2D eigenvalue weighted by Gasteiger charge is -2.28. The van der Waals surface area contributed by atoms with Gasteiger partial charge >= 0.3 is 0 Å². The normalized spacial score (nSPS) is 24.0. The largest absolute Gasteiger partial charge is 0.497 e. The first-order chi connectivity index (χ1) is 10.7. The Morgan fingerprint density at radius 2 is 1.87 bits per heavy atom. The molecule has 1 aromatic carbocycles. The molecule has 0 aliphatic carbocycles. The quantitative estimate of drug-likeness (QED) is 0.652. The maximum atomic E-state index is 12.7. The van der Waals surface area contributed by atoms with Gasteiger partial charge in [0.1, 0.15) is 5.75 Å². The van der Waals surface area contributed by atoms with Crippen LogP contribution in [0, 0.1) is 0 Å². The van der Waals surface area contributed by atoms with Crippen LogP contribution in [0.4, 0.5) is 0 Å². The van der Waals surface area contributed by atoms with Gasteiger partial charge in [0.15, 0.2) is 9.84 Å². The van der Waals surface area contributed by atoms with E-state index in [1.165, 1.54) is 31.4 Å². The molecule has 0 radical (unpaired) electrons. The lowest BCUT2D eigenvalue weighted by molar-refractivity contribution is 0.117. The highest BCUT2D eigenvalue weighted by molar-refractivity contribution is 7.92. The molecule has 1 saturated heterocycles. The van der Waals surface area contributed by atoms with Gasteiger partial charge in [0.25, 0.3) is 0 Å². The van der Waals surface area contributed by atoms with Gasteiger partial charge in [-0.2, -0.15) is 4.31 Å². The average Bonchev–Trinajstić information content (AvgIpc) is 2.77. The molecule has 10 heteroatoms. The van der Waals surface area contributed by atoms with Gasteiger partial charge in [-0.1, -0.05) is 0 Å². The van der Waals surface area contributed by atoms with Gasteiger partial charge < -0.3 is 14.9 Å². The number of sulfonamides is 1. The monoisotopic (exact) mass is 365 g/mol. The van der Waals surface area contributed by atoms with Gasteiger partial charge in [0.2, 0.25) is 10.0 Å². The van der Waals surface area contributed by atoms with Crippen LogP contribution >= 0.6 is 0 Å². The van der Waals surface area contributed by atoms with Crippen molar-refractivity contribution < 1.29 is 31.8 Å². The summed E-state index contributed by atoms with van der Waals surface area (Å²) in [5.41, 5.74) is 0. The van der Waals surface area contributed by atoms with Crippen molar-refractivity contribution in [3.05, 3.63) is 24.3 Å². The zero-order valence-electron chi connectivity index (χ0n) is 12.5. The summed E-state index contributed by atoms with van der Waals surface area (Å²) in [5, 5.41) is 19.1. The summed E-state index contributed by atoms with van der Waals surface area (Å²) in [4.78, 5) is -0.0664. The molecule has 130 valence electrons. The molecule has 0 spiro atoms. The van der Waals surface area contributed by atoms with Crippen LogP contribution in [-0.4, -0.2) is 75.3 Å². The molecule has 2 atom stereocenters. The highest BCUT2D eigenvalue weighted by Gasteiger charge is 2.44. The third kappa shape index (κ3) is 3.83. The van der Waals surface area contributed by atoms with Crippen LogP contribution in [0.5, 0.6) is 5.75 Å². The van der Waals surface area contributed by atoms with Crippen LogP contribution in [-0.2, 0) is 19.9 Å². The minimum absolute atomic E-state index is 0.0664. The predicted molar refractivity (Wildman–Crippen MR) is 82.4 cm³/mol. The molecule has 2 rings (SSSR count). The van der Waals surface area contributed by atoms with Crippen LogP contribution in [0.1, 0.15) is 0 Å². The van der Waals surface area contributed by atoms with E-state index in [1.54, 1.807) is 0 Å². The zero-order chi connectivity index (χ0) is 17.3. The van der Waals surface area contributed by atoms with Gasteiger partial charge in [0.05, 0.1) is 42.3 Å². The Hall–Kier alpha value is -1.20. The van der Waals surface area contributed by atoms with Crippen molar-refractivity contribution in [3.8, 4) is 5.75 Å². The minimum atomic E-state index is -4.06. The van der Waals surface area contributed by atoms with Crippen molar-refractivity contribution in [2.45, 2.75) is 17.0 Å². The van der Waals surface area contributed by atoms with Crippen LogP contribution in [0.25, 0.3) is 0 Å². The first kappa shape index (κ1) is 18.1. The van der Waals surface area contributed by atoms with Crippen molar-refractivity contribution in [1.82, 2.24) is 4.31 Å². The molecule has 0 unspecified atom stereocenters. The first-order valence-corrected chi connectivity index (χ1v) is 10.1. The minimum Gasteiger partial charge on any atom is -0.497 e. The number of methoxy groups -OCH3 is 1.